The van der Waals surface area contributed by atoms with E-state index in [0.29, 0.717) is 56.4 Å². The predicted molar refractivity (Wildman–Crippen MR) is 128 cm³/mol. The third-order valence-electron chi connectivity index (χ3n) is 6.11. The van der Waals surface area contributed by atoms with Crippen molar-refractivity contribution in [1.29, 1.82) is 0 Å². The van der Waals surface area contributed by atoms with Crippen molar-refractivity contribution >= 4 is 21.8 Å². The average molecular weight is 490 g/mol. The first-order chi connectivity index (χ1) is 16.3. The Bertz CT molecular complexity index is 1130. The van der Waals surface area contributed by atoms with Crippen LogP contribution in [0.4, 0.5) is 5.69 Å². The molecular weight excluding hydrogens is 458 g/mol. The van der Waals surface area contributed by atoms with Gasteiger partial charge in [0, 0.05) is 31.8 Å². The standard InChI is InChI=1S/C24H31N3O6S/c1-17-7-8-18(2)21(13-17)24(28)26-15-22(31-3)23(16-26)33-20-6-4-5-19(14-20)25-34(29,30)27-9-11-32-12-10-27/h4-8,13-14,22-23,25H,9-12,15-16H2,1-3H3. The first-order valence-electron chi connectivity index (χ1n) is 11.3. The minimum Gasteiger partial charge on any atom is -0.486 e. The number of hydrogen-bond donors (Lipinski definition) is 1. The number of ether oxygens (including phenoxy) is 3. The molecule has 10 heteroatoms. The maximum atomic E-state index is 13.2. The summed E-state index contributed by atoms with van der Waals surface area (Å²) in [6.45, 7) is 6.05. The normalized spacial score (nSPS) is 21.4. The van der Waals surface area contributed by atoms with Crippen LogP contribution in [0.2, 0.25) is 0 Å². The third kappa shape index (κ3) is 5.52. The van der Waals surface area contributed by atoms with Gasteiger partial charge in [-0.05, 0) is 37.6 Å². The fourth-order valence-electron chi connectivity index (χ4n) is 4.19. The van der Waals surface area contributed by atoms with Crippen LogP contribution in [0.25, 0.3) is 0 Å². The van der Waals surface area contributed by atoms with Gasteiger partial charge in [-0.25, -0.2) is 0 Å². The topological polar surface area (TPSA) is 97.4 Å². The van der Waals surface area contributed by atoms with Gasteiger partial charge >= 0.3 is 10.2 Å². The summed E-state index contributed by atoms with van der Waals surface area (Å²) < 4.78 is 46.3. The van der Waals surface area contributed by atoms with E-state index in [1.54, 1.807) is 36.3 Å². The Balaban J connectivity index is 1.45. The van der Waals surface area contributed by atoms with E-state index >= 15 is 0 Å². The van der Waals surface area contributed by atoms with Crippen molar-refractivity contribution in [2.75, 3.05) is 51.2 Å². The van der Waals surface area contributed by atoms with Gasteiger partial charge in [0.25, 0.3) is 5.91 Å². The van der Waals surface area contributed by atoms with Crippen LogP contribution in [0.3, 0.4) is 0 Å². The third-order valence-corrected chi connectivity index (χ3v) is 7.65. The number of carbonyl (C=O) groups excluding carboxylic acids is 1. The second-order valence-corrected chi connectivity index (χ2v) is 10.3. The number of morpholine rings is 1. The molecule has 2 saturated heterocycles. The van der Waals surface area contributed by atoms with Gasteiger partial charge in [0.05, 0.1) is 32.0 Å². The van der Waals surface area contributed by atoms with Gasteiger partial charge in [-0.1, -0.05) is 23.8 Å². The van der Waals surface area contributed by atoms with Gasteiger partial charge in [0.2, 0.25) is 0 Å². The van der Waals surface area contributed by atoms with Crippen molar-refractivity contribution in [1.82, 2.24) is 9.21 Å². The van der Waals surface area contributed by atoms with Crippen molar-refractivity contribution in [2.24, 2.45) is 0 Å². The molecule has 2 aliphatic heterocycles. The van der Waals surface area contributed by atoms with Gasteiger partial charge < -0.3 is 19.1 Å². The van der Waals surface area contributed by atoms with E-state index in [-0.39, 0.29) is 18.1 Å². The lowest BCUT2D eigenvalue weighted by atomic mass is 10.0. The molecule has 0 spiro atoms. The van der Waals surface area contributed by atoms with Crippen LogP contribution in [0.5, 0.6) is 5.75 Å². The quantitative estimate of drug-likeness (QED) is 0.641. The Hall–Kier alpha value is -2.66. The monoisotopic (exact) mass is 489 g/mol. The van der Waals surface area contributed by atoms with Crippen molar-refractivity contribution < 1.29 is 27.4 Å². The molecule has 1 amide bonds. The number of amides is 1. The Kier molecular flexibility index (Phi) is 7.42. The lowest BCUT2D eigenvalue weighted by Gasteiger charge is -2.26. The average Bonchev–Trinajstić information content (AvgIpc) is 3.23. The van der Waals surface area contributed by atoms with Crippen molar-refractivity contribution in [2.45, 2.75) is 26.1 Å². The highest BCUT2D eigenvalue weighted by atomic mass is 32.2. The van der Waals surface area contributed by atoms with E-state index in [0.717, 1.165) is 11.1 Å². The molecule has 0 aromatic heterocycles. The molecule has 2 unspecified atom stereocenters. The van der Waals surface area contributed by atoms with Crippen molar-refractivity contribution in [3.05, 3.63) is 59.2 Å². The second-order valence-electron chi connectivity index (χ2n) is 8.61. The van der Waals surface area contributed by atoms with Gasteiger partial charge in [0.1, 0.15) is 18.0 Å². The van der Waals surface area contributed by atoms with Crippen LogP contribution in [0, 0.1) is 13.8 Å². The zero-order chi connectivity index (χ0) is 24.3. The Morgan fingerprint density at radius 1 is 1.06 bits per heavy atom. The van der Waals surface area contributed by atoms with E-state index in [9.17, 15) is 13.2 Å². The molecule has 0 bridgehead atoms. The Morgan fingerprint density at radius 3 is 2.53 bits per heavy atom. The zero-order valence-electron chi connectivity index (χ0n) is 19.7. The molecule has 4 rings (SSSR count). The molecular formula is C24H31N3O6S. The predicted octanol–water partition coefficient (Wildman–Crippen LogP) is 2.21. The molecule has 0 radical (unpaired) electrons. The fourth-order valence-corrected chi connectivity index (χ4v) is 5.38. The van der Waals surface area contributed by atoms with Crippen LogP contribution in [-0.4, -0.2) is 82.2 Å². The first-order valence-corrected chi connectivity index (χ1v) is 12.7. The number of methoxy groups -OCH3 is 1. The molecule has 34 heavy (non-hydrogen) atoms. The van der Waals surface area contributed by atoms with E-state index in [1.807, 2.05) is 32.0 Å². The van der Waals surface area contributed by atoms with E-state index in [4.69, 9.17) is 14.2 Å². The molecule has 2 fully saturated rings. The number of benzene rings is 2. The lowest BCUT2D eigenvalue weighted by Crippen LogP contribution is -2.43. The number of nitrogens with zero attached hydrogens (tertiary/aromatic N) is 2. The number of likely N-dealkylation sites (tertiary alicyclic amines) is 1. The maximum Gasteiger partial charge on any atom is 0.301 e. The molecule has 184 valence electrons. The summed E-state index contributed by atoms with van der Waals surface area (Å²) in [7, 11) is -2.09. The van der Waals surface area contributed by atoms with Gasteiger partial charge in [-0.3, -0.25) is 9.52 Å². The van der Waals surface area contributed by atoms with Crippen LogP contribution >= 0.6 is 0 Å². The van der Waals surface area contributed by atoms with Crippen LogP contribution in [0.1, 0.15) is 21.5 Å². The second kappa shape index (κ2) is 10.3. The maximum absolute atomic E-state index is 13.2. The Morgan fingerprint density at radius 2 is 1.79 bits per heavy atom. The summed E-state index contributed by atoms with van der Waals surface area (Å²) in [6, 6.07) is 12.6. The van der Waals surface area contributed by atoms with Crippen LogP contribution < -0.4 is 9.46 Å². The molecule has 9 nitrogen and oxygen atoms in total. The van der Waals surface area contributed by atoms with E-state index < -0.39 is 10.2 Å². The highest BCUT2D eigenvalue weighted by Crippen LogP contribution is 2.26. The summed E-state index contributed by atoms with van der Waals surface area (Å²) in [4.78, 5) is 14.9. The number of carbonyl (C=O) groups is 1. The molecule has 2 atom stereocenters. The van der Waals surface area contributed by atoms with Gasteiger partial charge in [-0.2, -0.15) is 12.7 Å². The molecule has 1 N–H and O–H groups in total. The summed E-state index contributed by atoms with van der Waals surface area (Å²) in [6.07, 6.45) is -0.687. The van der Waals surface area contributed by atoms with E-state index in [1.165, 1.54) is 4.31 Å². The SMILES string of the molecule is COC1CN(C(=O)c2cc(C)ccc2C)CC1Oc1cccc(NS(=O)(=O)N2CCOCC2)c1. The summed E-state index contributed by atoms with van der Waals surface area (Å²) in [5.74, 6) is 0.441. The number of aryl methyl sites for hydroxylation is 2. The molecule has 2 aromatic carbocycles. The highest BCUT2D eigenvalue weighted by molar-refractivity contribution is 7.90. The summed E-state index contributed by atoms with van der Waals surface area (Å²) in [5, 5.41) is 0. The summed E-state index contributed by atoms with van der Waals surface area (Å²) >= 11 is 0. The summed E-state index contributed by atoms with van der Waals surface area (Å²) in [5.41, 5.74) is 3.03. The molecule has 0 aliphatic carbocycles. The first kappa shape index (κ1) is 24.5. The zero-order valence-corrected chi connectivity index (χ0v) is 20.5. The molecule has 2 aliphatic rings. The van der Waals surface area contributed by atoms with E-state index in [2.05, 4.69) is 4.72 Å². The minimum absolute atomic E-state index is 0.0543. The number of rotatable bonds is 7. The minimum atomic E-state index is -3.68. The highest BCUT2D eigenvalue weighted by Gasteiger charge is 2.38. The largest absolute Gasteiger partial charge is 0.486 e. The van der Waals surface area contributed by atoms with Crippen LogP contribution in [0.15, 0.2) is 42.5 Å². The van der Waals surface area contributed by atoms with Gasteiger partial charge in [0.15, 0.2) is 0 Å². The van der Waals surface area contributed by atoms with Crippen LogP contribution in [-0.2, 0) is 19.7 Å². The Labute approximate surface area is 200 Å². The molecule has 2 heterocycles. The molecule has 2 aromatic rings. The number of nitrogens with one attached hydrogen (secondary N) is 1. The van der Waals surface area contributed by atoms with Gasteiger partial charge in [-0.15, -0.1) is 0 Å². The smallest absolute Gasteiger partial charge is 0.301 e. The number of anilines is 1. The van der Waals surface area contributed by atoms with Crippen molar-refractivity contribution in [3.63, 3.8) is 0 Å². The lowest BCUT2D eigenvalue weighted by molar-refractivity contribution is 0.0340. The number of hydrogen-bond acceptors (Lipinski definition) is 6. The molecule has 0 saturated carbocycles. The fraction of sp³-hybridized carbons (Fsp3) is 0.458. The van der Waals surface area contributed by atoms with Crippen molar-refractivity contribution in [3.8, 4) is 5.75 Å².